The molecule has 0 amide bonds. The normalized spacial score (nSPS) is 21.5. The van der Waals surface area contributed by atoms with E-state index in [2.05, 4.69) is 13.0 Å². The number of aryl methyl sites for hydroxylation is 2. The molecule has 0 saturated carbocycles. The lowest BCUT2D eigenvalue weighted by molar-refractivity contribution is -0.361. The highest BCUT2D eigenvalue weighted by molar-refractivity contribution is 7.92. The first-order valence-corrected chi connectivity index (χ1v) is 13.7. The summed E-state index contributed by atoms with van der Waals surface area (Å²) in [5.74, 6) is -2.99. The molecule has 9 nitrogen and oxygen atoms in total. The zero-order valence-corrected chi connectivity index (χ0v) is 21.6. The maximum atomic E-state index is 14.0. The molecule has 196 valence electrons. The second-order valence-corrected chi connectivity index (χ2v) is 11.0. The average molecular weight is 520 g/mol. The Kier molecular flexibility index (Phi) is 7.61. The predicted molar refractivity (Wildman–Crippen MR) is 132 cm³/mol. The van der Waals surface area contributed by atoms with Gasteiger partial charge in [0.2, 0.25) is 0 Å². The molecule has 10 heteroatoms. The Bertz CT molecular complexity index is 1230. The summed E-state index contributed by atoms with van der Waals surface area (Å²) >= 11 is 0. The van der Waals surface area contributed by atoms with Crippen LogP contribution >= 0.6 is 0 Å². The highest BCUT2D eigenvalue weighted by Crippen LogP contribution is 2.38. The van der Waals surface area contributed by atoms with Crippen molar-refractivity contribution in [3.05, 3.63) is 53.1 Å². The van der Waals surface area contributed by atoms with Crippen molar-refractivity contribution in [2.75, 3.05) is 18.0 Å². The zero-order valence-electron chi connectivity index (χ0n) is 20.8. The molecule has 0 aliphatic carbocycles. The van der Waals surface area contributed by atoms with E-state index >= 15 is 0 Å². The lowest BCUT2D eigenvalue weighted by Crippen LogP contribution is -2.44. The summed E-state index contributed by atoms with van der Waals surface area (Å²) < 4.78 is 45.1. The molecule has 0 radical (unpaired) electrons. The van der Waals surface area contributed by atoms with E-state index in [9.17, 15) is 23.4 Å². The minimum Gasteiger partial charge on any atom is -0.489 e. The fraction of sp³-hybridized carbons (Fsp3) is 0.500. The Morgan fingerprint density at radius 3 is 2.61 bits per heavy atom. The lowest BCUT2D eigenvalue weighted by atomic mass is 9.94. The number of aliphatic hydroxyl groups is 2. The van der Waals surface area contributed by atoms with Gasteiger partial charge in [-0.05, 0) is 61.1 Å². The Labute approximate surface area is 211 Å². The number of ether oxygens (including phenoxy) is 3. The third-order valence-corrected chi connectivity index (χ3v) is 8.68. The third-order valence-electron chi connectivity index (χ3n) is 6.81. The van der Waals surface area contributed by atoms with Crippen molar-refractivity contribution in [2.24, 2.45) is 0 Å². The molecule has 0 spiro atoms. The number of hydrogen-bond donors (Lipinski definition) is 2. The van der Waals surface area contributed by atoms with Gasteiger partial charge in [-0.3, -0.25) is 4.31 Å². The summed E-state index contributed by atoms with van der Waals surface area (Å²) in [4.78, 5) is 12.6. The standard InChI is InChI=1S/C26H33NO8S/c1-4-17-6-10-23-18(14-17)7-8-19(5-2)27(23)36(31,32)21-9-11-24(22(15-21)25(28)33-3)35-20-12-13-34-26(29,30)16-20/h6,9-11,14-15,19-20,29-30H,4-5,7-8,12-13,16H2,1-3H3. The van der Waals surface area contributed by atoms with Gasteiger partial charge in [-0.1, -0.05) is 26.0 Å². The van der Waals surface area contributed by atoms with Crippen LogP contribution in [-0.2, 0) is 32.3 Å². The molecule has 2 aromatic carbocycles. The molecule has 36 heavy (non-hydrogen) atoms. The van der Waals surface area contributed by atoms with E-state index in [0.717, 1.165) is 24.0 Å². The number of methoxy groups -OCH3 is 1. The molecule has 1 fully saturated rings. The van der Waals surface area contributed by atoms with Crippen LogP contribution in [0.1, 0.15) is 61.0 Å². The van der Waals surface area contributed by atoms with Gasteiger partial charge in [-0.2, -0.15) is 0 Å². The number of sulfonamides is 1. The summed E-state index contributed by atoms with van der Waals surface area (Å²) in [6.07, 6.45) is 2.51. The molecule has 2 aliphatic heterocycles. The quantitative estimate of drug-likeness (QED) is 0.423. The minimum atomic E-state index is -4.02. The third kappa shape index (κ3) is 5.22. The summed E-state index contributed by atoms with van der Waals surface area (Å²) in [5, 5.41) is 19.6. The predicted octanol–water partition coefficient (Wildman–Crippen LogP) is 3.15. The molecule has 2 unspecified atom stereocenters. The first-order chi connectivity index (χ1) is 17.1. The first-order valence-electron chi connectivity index (χ1n) is 12.2. The maximum Gasteiger partial charge on any atom is 0.341 e. The van der Waals surface area contributed by atoms with Gasteiger partial charge in [0.25, 0.3) is 16.0 Å². The van der Waals surface area contributed by atoms with Crippen LogP contribution in [-0.4, -0.2) is 56.4 Å². The van der Waals surface area contributed by atoms with E-state index in [-0.39, 0.29) is 35.3 Å². The SMILES string of the molecule is CCc1ccc2c(c1)CCC(CC)N2S(=O)(=O)c1ccc(OC2CCOC(O)(O)C2)c(C(=O)OC)c1. The lowest BCUT2D eigenvalue weighted by Gasteiger charge is -2.38. The van der Waals surface area contributed by atoms with E-state index in [1.165, 1.54) is 29.6 Å². The Hall–Kier alpha value is -2.66. The molecule has 2 heterocycles. The van der Waals surface area contributed by atoms with Gasteiger partial charge < -0.3 is 24.4 Å². The largest absolute Gasteiger partial charge is 0.489 e. The van der Waals surface area contributed by atoms with Crippen LogP contribution in [0.15, 0.2) is 41.3 Å². The number of carbonyl (C=O) groups excluding carboxylic acids is 1. The molecule has 2 N–H and O–H groups in total. The van der Waals surface area contributed by atoms with Crippen molar-refractivity contribution in [1.82, 2.24) is 0 Å². The number of rotatable bonds is 7. The molecule has 2 aromatic rings. The van der Waals surface area contributed by atoms with E-state index in [1.54, 1.807) is 0 Å². The van der Waals surface area contributed by atoms with Crippen molar-refractivity contribution in [2.45, 2.75) is 75.4 Å². The van der Waals surface area contributed by atoms with Gasteiger partial charge >= 0.3 is 5.97 Å². The van der Waals surface area contributed by atoms with Crippen molar-refractivity contribution in [3.8, 4) is 5.75 Å². The Balaban J connectivity index is 1.73. The highest BCUT2D eigenvalue weighted by Gasteiger charge is 2.37. The summed E-state index contributed by atoms with van der Waals surface area (Å²) in [7, 11) is -2.82. The second kappa shape index (κ2) is 10.4. The number of esters is 1. The number of fused-ring (bicyclic) bond motifs is 1. The maximum absolute atomic E-state index is 14.0. The second-order valence-electron chi connectivity index (χ2n) is 9.19. The number of hydrogen-bond acceptors (Lipinski definition) is 8. The van der Waals surface area contributed by atoms with E-state index < -0.39 is 28.1 Å². The monoisotopic (exact) mass is 519 g/mol. The molecule has 2 atom stereocenters. The Morgan fingerprint density at radius 1 is 1.17 bits per heavy atom. The van der Waals surface area contributed by atoms with Gasteiger partial charge in [0.15, 0.2) is 0 Å². The van der Waals surface area contributed by atoms with Crippen LogP contribution in [0.2, 0.25) is 0 Å². The smallest absolute Gasteiger partial charge is 0.341 e. The fourth-order valence-corrected chi connectivity index (χ4v) is 6.67. The fourth-order valence-electron chi connectivity index (χ4n) is 4.85. The topological polar surface area (TPSA) is 123 Å². The molecule has 0 aromatic heterocycles. The van der Waals surface area contributed by atoms with E-state index in [0.29, 0.717) is 24.9 Å². The van der Waals surface area contributed by atoms with Crippen LogP contribution in [0.4, 0.5) is 5.69 Å². The highest BCUT2D eigenvalue weighted by atomic mass is 32.2. The van der Waals surface area contributed by atoms with Gasteiger partial charge in [-0.15, -0.1) is 0 Å². The van der Waals surface area contributed by atoms with Crippen LogP contribution in [0.25, 0.3) is 0 Å². The molecule has 2 aliphatic rings. The first kappa shape index (κ1) is 26.4. The molecule has 4 rings (SSSR count). The summed E-state index contributed by atoms with van der Waals surface area (Å²) in [5.41, 5.74) is 2.75. The number of nitrogens with zero attached hydrogens (tertiary/aromatic N) is 1. The number of carbonyl (C=O) groups is 1. The Morgan fingerprint density at radius 2 is 1.94 bits per heavy atom. The summed E-state index contributed by atoms with van der Waals surface area (Å²) in [6, 6.07) is 9.76. The van der Waals surface area contributed by atoms with Crippen molar-refractivity contribution < 1.29 is 37.6 Å². The number of anilines is 1. The van der Waals surface area contributed by atoms with Gasteiger partial charge in [-0.25, -0.2) is 13.2 Å². The van der Waals surface area contributed by atoms with Gasteiger partial charge in [0.05, 0.1) is 30.7 Å². The summed E-state index contributed by atoms with van der Waals surface area (Å²) in [6.45, 7) is 4.09. The van der Waals surface area contributed by atoms with Gasteiger partial charge in [0, 0.05) is 12.5 Å². The molecular weight excluding hydrogens is 486 g/mol. The zero-order chi connectivity index (χ0) is 26.1. The van der Waals surface area contributed by atoms with Crippen molar-refractivity contribution >= 4 is 21.7 Å². The van der Waals surface area contributed by atoms with Gasteiger partial charge in [0.1, 0.15) is 17.4 Å². The van der Waals surface area contributed by atoms with Crippen molar-refractivity contribution in [1.29, 1.82) is 0 Å². The van der Waals surface area contributed by atoms with Crippen LogP contribution < -0.4 is 9.04 Å². The average Bonchev–Trinajstić information content (AvgIpc) is 2.86. The molecular formula is C26H33NO8S. The molecule has 0 bridgehead atoms. The molecule has 1 saturated heterocycles. The van der Waals surface area contributed by atoms with E-state index in [4.69, 9.17) is 14.2 Å². The van der Waals surface area contributed by atoms with E-state index in [1.807, 2.05) is 19.1 Å². The minimum absolute atomic E-state index is 0.0493. The van der Waals surface area contributed by atoms with Crippen molar-refractivity contribution in [3.63, 3.8) is 0 Å². The van der Waals surface area contributed by atoms with Crippen LogP contribution in [0, 0.1) is 0 Å². The van der Waals surface area contributed by atoms with Crippen LogP contribution in [0.3, 0.4) is 0 Å². The van der Waals surface area contributed by atoms with Crippen LogP contribution in [0.5, 0.6) is 5.75 Å². The number of benzene rings is 2.